The van der Waals surface area contributed by atoms with Gasteiger partial charge < -0.3 is 0 Å². The molecule has 98 valence electrons. The van der Waals surface area contributed by atoms with Gasteiger partial charge in [0.2, 0.25) is 0 Å². The average molecular weight is 284 g/mol. The highest BCUT2D eigenvalue weighted by molar-refractivity contribution is 7.11. The van der Waals surface area contributed by atoms with Crippen LogP contribution in [0.1, 0.15) is 27.2 Å². The highest BCUT2D eigenvalue weighted by Gasteiger charge is 2.04. The Bertz CT molecular complexity index is 534. The molecule has 0 radical (unpaired) electrons. The fourth-order valence-corrected chi connectivity index (χ4v) is 2.66. The van der Waals surface area contributed by atoms with Crippen LogP contribution in [0.25, 0.3) is 0 Å². The summed E-state index contributed by atoms with van der Waals surface area (Å²) in [6.45, 7) is 6.66. The Morgan fingerprint density at radius 3 is 2.78 bits per heavy atom. The molecule has 18 heavy (non-hydrogen) atoms. The first-order valence-electron chi connectivity index (χ1n) is 6.06. The van der Waals surface area contributed by atoms with Crippen LogP contribution in [0.15, 0.2) is 46.3 Å². The van der Waals surface area contributed by atoms with Crippen molar-refractivity contribution in [3.8, 4) is 0 Å². The molecule has 1 aromatic heterocycles. The van der Waals surface area contributed by atoms with Crippen molar-refractivity contribution in [2.75, 3.05) is 0 Å². The van der Waals surface area contributed by atoms with Crippen LogP contribution in [-0.2, 0) is 6.54 Å². The third-order valence-electron chi connectivity index (χ3n) is 2.33. The topological polar surface area (TPSA) is 22.0 Å². The molecule has 0 atom stereocenters. The molecule has 0 saturated carbocycles. The molecule has 4 heteroatoms. The fraction of sp³-hybridized carbons (Fsp3) is 0.357. The number of rotatable bonds is 2. The summed E-state index contributed by atoms with van der Waals surface area (Å²) in [7, 11) is 0. The largest absolute Gasteiger partial charge is 0.268 e. The molecule has 0 aliphatic heterocycles. The number of aromatic nitrogens is 1. The van der Waals surface area contributed by atoms with Gasteiger partial charge in [-0.25, -0.2) is 0 Å². The summed E-state index contributed by atoms with van der Waals surface area (Å²) in [5.41, 5.74) is 2.33. The van der Waals surface area contributed by atoms with Crippen molar-refractivity contribution >= 4 is 23.1 Å². The Labute approximate surface area is 117 Å². The van der Waals surface area contributed by atoms with Crippen molar-refractivity contribution in [1.29, 1.82) is 0 Å². The molecule has 0 bridgehead atoms. The maximum atomic E-state index is 11.5. The predicted molar refractivity (Wildman–Crippen MR) is 80.5 cm³/mol. The first kappa shape index (κ1) is 15.0. The molecule has 2 nitrogen and oxygen atoms in total. The lowest BCUT2D eigenvalue weighted by molar-refractivity contribution is 0.848. The van der Waals surface area contributed by atoms with Crippen molar-refractivity contribution in [1.82, 2.24) is 3.96 Å². The molecule has 1 aliphatic rings. The van der Waals surface area contributed by atoms with E-state index in [1.165, 1.54) is 23.2 Å². The van der Waals surface area contributed by atoms with Gasteiger partial charge in [-0.1, -0.05) is 55.3 Å². The Hall–Kier alpha value is -1.06. The van der Waals surface area contributed by atoms with Crippen LogP contribution < -0.4 is 5.56 Å². The molecule has 0 amide bonds. The van der Waals surface area contributed by atoms with Gasteiger partial charge in [0.15, 0.2) is 0 Å². The lowest BCUT2D eigenvalue weighted by Gasteiger charge is -2.01. The monoisotopic (exact) mass is 283 g/mol. The minimum absolute atomic E-state index is 0.0322. The first-order chi connectivity index (χ1) is 8.65. The number of hydrogen-bond acceptors (Lipinski definition) is 2. The molecule has 2 rings (SSSR count). The smallest absolute Gasteiger partial charge is 0.262 e. The number of halogens is 1. The molecule has 0 aromatic carbocycles. The van der Waals surface area contributed by atoms with Gasteiger partial charge in [0.1, 0.15) is 4.34 Å². The molecular formula is C14H18ClNOS. The molecule has 1 aliphatic carbocycles. The number of hydrogen-bond donors (Lipinski definition) is 0. The maximum Gasteiger partial charge on any atom is 0.262 e. The first-order valence-corrected chi connectivity index (χ1v) is 7.21. The van der Waals surface area contributed by atoms with Gasteiger partial charge >= 0.3 is 0 Å². The van der Waals surface area contributed by atoms with E-state index < -0.39 is 0 Å². The zero-order valence-electron chi connectivity index (χ0n) is 10.9. The average Bonchev–Trinajstić information content (AvgIpc) is 2.53. The van der Waals surface area contributed by atoms with Crippen molar-refractivity contribution in [3.63, 3.8) is 0 Å². The molecular weight excluding hydrogens is 266 g/mol. The van der Waals surface area contributed by atoms with Crippen LogP contribution in [0.4, 0.5) is 0 Å². The van der Waals surface area contributed by atoms with E-state index in [0.717, 1.165) is 12.0 Å². The van der Waals surface area contributed by atoms with E-state index in [9.17, 15) is 4.79 Å². The minimum atomic E-state index is -0.0322. The summed E-state index contributed by atoms with van der Waals surface area (Å²) in [5, 5.41) is 0. The Morgan fingerprint density at radius 2 is 2.17 bits per heavy atom. The van der Waals surface area contributed by atoms with Crippen LogP contribution in [-0.4, -0.2) is 3.96 Å². The van der Waals surface area contributed by atoms with E-state index in [2.05, 4.69) is 31.2 Å². The second-order valence-corrected chi connectivity index (χ2v) is 5.41. The number of nitrogens with zero attached hydrogens (tertiary/aromatic N) is 1. The van der Waals surface area contributed by atoms with Crippen LogP contribution in [0, 0.1) is 0 Å². The minimum Gasteiger partial charge on any atom is -0.268 e. The van der Waals surface area contributed by atoms with Gasteiger partial charge in [-0.2, -0.15) is 0 Å². The maximum absolute atomic E-state index is 11.5. The van der Waals surface area contributed by atoms with Gasteiger partial charge in [-0.15, -0.1) is 0 Å². The van der Waals surface area contributed by atoms with Crippen LogP contribution in [0.5, 0.6) is 0 Å². The molecule has 0 fully saturated rings. The summed E-state index contributed by atoms with van der Waals surface area (Å²) in [6, 6.07) is 1.45. The standard InChI is InChI=1S/C12H12ClNOS.C2H6/c1-9-4-2-3-5-10(6-9)8-14-12(15)7-11(13)16-14;1-2/h3-7H,2,8H2,1H3;1-2H3. The molecule has 0 spiro atoms. The van der Waals surface area contributed by atoms with Crippen molar-refractivity contribution in [3.05, 3.63) is 56.2 Å². The Kier molecular flexibility index (Phi) is 6.16. The van der Waals surface area contributed by atoms with Gasteiger partial charge in [0.05, 0.1) is 6.54 Å². The Morgan fingerprint density at radius 1 is 1.44 bits per heavy atom. The third-order valence-corrected chi connectivity index (χ3v) is 3.47. The second-order valence-electron chi connectivity index (χ2n) is 3.72. The second kappa shape index (κ2) is 7.39. The lowest BCUT2D eigenvalue weighted by Crippen LogP contribution is -2.12. The third kappa shape index (κ3) is 4.31. The predicted octanol–water partition coefficient (Wildman–Crippen LogP) is 4.42. The lowest BCUT2D eigenvalue weighted by atomic mass is 10.2. The summed E-state index contributed by atoms with van der Waals surface area (Å²) in [4.78, 5) is 11.5. The SMILES string of the molecule is CC.CC1=CCC=CC(Cn2sc(Cl)cc2=O)=C1. The van der Waals surface area contributed by atoms with E-state index in [1.54, 1.807) is 3.96 Å². The summed E-state index contributed by atoms with van der Waals surface area (Å²) < 4.78 is 2.20. The van der Waals surface area contributed by atoms with Crippen molar-refractivity contribution < 1.29 is 0 Å². The molecule has 0 N–H and O–H groups in total. The highest BCUT2D eigenvalue weighted by atomic mass is 35.5. The Balaban J connectivity index is 0.000000771. The highest BCUT2D eigenvalue weighted by Crippen LogP contribution is 2.16. The summed E-state index contributed by atoms with van der Waals surface area (Å²) >= 11 is 7.08. The van der Waals surface area contributed by atoms with Crippen molar-refractivity contribution in [2.24, 2.45) is 0 Å². The van der Waals surface area contributed by atoms with Crippen LogP contribution in [0.2, 0.25) is 4.34 Å². The van der Waals surface area contributed by atoms with Crippen LogP contribution in [0.3, 0.4) is 0 Å². The van der Waals surface area contributed by atoms with Gasteiger partial charge in [0, 0.05) is 6.07 Å². The molecule has 1 aromatic rings. The molecule has 0 unspecified atom stereocenters. The summed E-state index contributed by atoms with van der Waals surface area (Å²) in [6.07, 6.45) is 9.37. The molecule has 1 heterocycles. The van der Waals surface area contributed by atoms with Gasteiger partial charge in [0.25, 0.3) is 5.56 Å². The van der Waals surface area contributed by atoms with Crippen LogP contribution >= 0.6 is 23.1 Å². The van der Waals surface area contributed by atoms with E-state index in [0.29, 0.717) is 10.9 Å². The zero-order chi connectivity index (χ0) is 13.5. The van der Waals surface area contributed by atoms with E-state index in [4.69, 9.17) is 11.6 Å². The zero-order valence-corrected chi connectivity index (χ0v) is 12.5. The van der Waals surface area contributed by atoms with Gasteiger partial charge in [-0.05, 0) is 30.5 Å². The number of allylic oxidation sites excluding steroid dienone is 6. The quantitative estimate of drug-likeness (QED) is 0.787. The fourth-order valence-electron chi connectivity index (χ4n) is 1.59. The van der Waals surface area contributed by atoms with Crippen molar-refractivity contribution in [2.45, 2.75) is 33.7 Å². The van der Waals surface area contributed by atoms with E-state index in [1.807, 2.05) is 13.8 Å². The van der Waals surface area contributed by atoms with E-state index in [-0.39, 0.29) is 5.56 Å². The molecule has 0 saturated heterocycles. The normalized spacial score (nSPS) is 14.2. The van der Waals surface area contributed by atoms with E-state index >= 15 is 0 Å². The van der Waals surface area contributed by atoms with Gasteiger partial charge in [-0.3, -0.25) is 8.75 Å². The summed E-state index contributed by atoms with van der Waals surface area (Å²) in [5.74, 6) is 0.